The highest BCUT2D eigenvalue weighted by molar-refractivity contribution is 5.81. The summed E-state index contributed by atoms with van der Waals surface area (Å²) in [5.74, 6) is -1.49. The van der Waals surface area contributed by atoms with E-state index < -0.39 is 11.6 Å². The Kier molecular flexibility index (Phi) is 3.26. The fraction of sp³-hybridized carbons (Fsp3) is 0.125. The van der Waals surface area contributed by atoms with Gasteiger partial charge in [0, 0.05) is 23.4 Å². The van der Waals surface area contributed by atoms with Crippen LogP contribution in [-0.4, -0.2) is 9.55 Å². The molecule has 1 heterocycles. The van der Waals surface area contributed by atoms with E-state index in [1.165, 1.54) is 0 Å². The van der Waals surface area contributed by atoms with E-state index in [9.17, 15) is 8.78 Å². The van der Waals surface area contributed by atoms with Gasteiger partial charge in [0.05, 0.1) is 17.1 Å². The minimum atomic E-state index is -0.971. The topological polar surface area (TPSA) is 67.6 Å². The molecule has 2 aromatic carbocycles. The fourth-order valence-electron chi connectivity index (χ4n) is 2.35. The number of aromatic nitrogens is 2. The maximum Gasteiger partial charge on any atom is 0.161 e. The number of fused-ring (bicyclic) bond motifs is 1. The maximum absolute atomic E-state index is 13.5. The summed E-state index contributed by atoms with van der Waals surface area (Å²) in [5, 5.41) is 9.00. The SMILES string of the molecule is Cc1ccc(-c2nc3cc(F)c(F)cc3n2CC#N)cc1N. The molecular weight excluding hydrogens is 286 g/mol. The van der Waals surface area contributed by atoms with Crippen LogP contribution in [0.15, 0.2) is 30.3 Å². The van der Waals surface area contributed by atoms with Crippen LogP contribution < -0.4 is 5.73 Å². The zero-order chi connectivity index (χ0) is 15.9. The second-order valence-electron chi connectivity index (χ2n) is 5.01. The highest BCUT2D eigenvalue weighted by Crippen LogP contribution is 2.28. The van der Waals surface area contributed by atoms with E-state index in [2.05, 4.69) is 4.98 Å². The molecule has 0 bridgehead atoms. The number of hydrogen-bond acceptors (Lipinski definition) is 3. The Morgan fingerprint density at radius 2 is 1.95 bits per heavy atom. The minimum absolute atomic E-state index is 0.0231. The van der Waals surface area contributed by atoms with Gasteiger partial charge in [0.1, 0.15) is 12.4 Å². The van der Waals surface area contributed by atoms with Crippen molar-refractivity contribution in [3.05, 3.63) is 47.5 Å². The Morgan fingerprint density at radius 1 is 1.23 bits per heavy atom. The molecule has 0 amide bonds. The van der Waals surface area contributed by atoms with Crippen LogP contribution in [0.1, 0.15) is 5.56 Å². The highest BCUT2D eigenvalue weighted by Gasteiger charge is 2.16. The van der Waals surface area contributed by atoms with Gasteiger partial charge in [0.15, 0.2) is 11.6 Å². The van der Waals surface area contributed by atoms with Gasteiger partial charge in [-0.1, -0.05) is 12.1 Å². The van der Waals surface area contributed by atoms with Crippen LogP contribution in [0.3, 0.4) is 0 Å². The Hall–Kier alpha value is -2.94. The lowest BCUT2D eigenvalue weighted by molar-refractivity contribution is 0.510. The van der Waals surface area contributed by atoms with Crippen molar-refractivity contribution in [2.24, 2.45) is 0 Å². The van der Waals surface area contributed by atoms with E-state index in [0.29, 0.717) is 28.1 Å². The summed E-state index contributed by atoms with van der Waals surface area (Å²) in [7, 11) is 0. The highest BCUT2D eigenvalue weighted by atomic mass is 19.2. The van der Waals surface area contributed by atoms with Crippen molar-refractivity contribution in [3.8, 4) is 17.5 Å². The lowest BCUT2D eigenvalue weighted by Crippen LogP contribution is -2.00. The van der Waals surface area contributed by atoms with Gasteiger partial charge in [0.25, 0.3) is 0 Å². The summed E-state index contributed by atoms with van der Waals surface area (Å²) >= 11 is 0. The monoisotopic (exact) mass is 298 g/mol. The molecule has 1 aromatic heterocycles. The summed E-state index contributed by atoms with van der Waals surface area (Å²) in [6.45, 7) is 1.85. The second kappa shape index (κ2) is 5.11. The molecule has 0 saturated heterocycles. The summed E-state index contributed by atoms with van der Waals surface area (Å²) in [6.07, 6.45) is 0. The van der Waals surface area contributed by atoms with Crippen molar-refractivity contribution in [2.45, 2.75) is 13.5 Å². The number of halogens is 2. The number of hydrogen-bond donors (Lipinski definition) is 1. The van der Waals surface area contributed by atoms with Crippen molar-refractivity contribution in [1.29, 1.82) is 5.26 Å². The summed E-state index contributed by atoms with van der Waals surface area (Å²) < 4.78 is 28.4. The molecule has 22 heavy (non-hydrogen) atoms. The van der Waals surface area contributed by atoms with Gasteiger partial charge >= 0.3 is 0 Å². The molecule has 0 radical (unpaired) electrons. The predicted molar refractivity (Wildman–Crippen MR) is 79.8 cm³/mol. The number of benzene rings is 2. The standard InChI is InChI=1S/C16H12F2N4/c1-9-2-3-10(6-13(9)20)16-21-14-7-11(17)12(18)8-15(14)22(16)5-4-19/h2-3,6-8H,5,20H2,1H3. The lowest BCUT2D eigenvalue weighted by Gasteiger charge is -2.07. The first-order valence-electron chi connectivity index (χ1n) is 6.60. The average Bonchev–Trinajstić information content (AvgIpc) is 2.81. The number of aryl methyl sites for hydroxylation is 1. The molecule has 0 aliphatic carbocycles. The van der Waals surface area contributed by atoms with Crippen molar-refractivity contribution in [1.82, 2.24) is 9.55 Å². The molecule has 110 valence electrons. The van der Waals surface area contributed by atoms with Gasteiger partial charge in [-0.05, 0) is 18.6 Å². The zero-order valence-electron chi connectivity index (χ0n) is 11.8. The number of nitriles is 1. The largest absolute Gasteiger partial charge is 0.398 e. The van der Waals surface area contributed by atoms with Crippen LogP contribution in [0.25, 0.3) is 22.4 Å². The molecule has 4 nitrogen and oxygen atoms in total. The van der Waals surface area contributed by atoms with Gasteiger partial charge in [-0.3, -0.25) is 0 Å². The van der Waals surface area contributed by atoms with Crippen molar-refractivity contribution in [2.75, 3.05) is 5.73 Å². The molecule has 2 N–H and O–H groups in total. The summed E-state index contributed by atoms with van der Waals surface area (Å²) in [6, 6.07) is 9.47. The first-order valence-corrected chi connectivity index (χ1v) is 6.60. The minimum Gasteiger partial charge on any atom is -0.398 e. The third-order valence-corrected chi connectivity index (χ3v) is 3.56. The smallest absolute Gasteiger partial charge is 0.161 e. The van der Waals surface area contributed by atoms with Crippen LogP contribution in [0.5, 0.6) is 0 Å². The van der Waals surface area contributed by atoms with E-state index in [4.69, 9.17) is 11.0 Å². The van der Waals surface area contributed by atoms with Crippen LogP contribution in [0, 0.1) is 29.9 Å². The second-order valence-corrected chi connectivity index (χ2v) is 5.01. The van der Waals surface area contributed by atoms with E-state index in [1.54, 1.807) is 10.6 Å². The van der Waals surface area contributed by atoms with Crippen LogP contribution in [0.2, 0.25) is 0 Å². The van der Waals surface area contributed by atoms with Gasteiger partial charge in [-0.2, -0.15) is 5.26 Å². The number of rotatable bonds is 2. The molecule has 0 fully saturated rings. The van der Waals surface area contributed by atoms with Gasteiger partial charge < -0.3 is 10.3 Å². The molecule has 0 unspecified atom stereocenters. The van der Waals surface area contributed by atoms with Gasteiger partial charge in [-0.15, -0.1) is 0 Å². The maximum atomic E-state index is 13.5. The molecule has 0 aliphatic rings. The van der Waals surface area contributed by atoms with Crippen LogP contribution in [0.4, 0.5) is 14.5 Å². The number of nitrogens with two attached hydrogens (primary N) is 1. The fourth-order valence-corrected chi connectivity index (χ4v) is 2.35. The molecular formula is C16H12F2N4. The van der Waals surface area contributed by atoms with Crippen molar-refractivity contribution >= 4 is 16.7 Å². The van der Waals surface area contributed by atoms with Crippen LogP contribution >= 0.6 is 0 Å². The zero-order valence-corrected chi connectivity index (χ0v) is 11.8. The van der Waals surface area contributed by atoms with E-state index in [-0.39, 0.29) is 6.54 Å². The Labute approximate surface area is 125 Å². The molecule has 0 saturated carbocycles. The Morgan fingerprint density at radius 3 is 2.64 bits per heavy atom. The average molecular weight is 298 g/mol. The first-order chi connectivity index (χ1) is 10.5. The number of anilines is 1. The molecule has 3 rings (SSSR count). The molecule has 0 atom stereocenters. The molecule has 3 aromatic rings. The Bertz CT molecular complexity index is 922. The summed E-state index contributed by atoms with van der Waals surface area (Å²) in [4.78, 5) is 4.32. The van der Waals surface area contributed by atoms with E-state index >= 15 is 0 Å². The molecule has 6 heteroatoms. The number of nitrogens with zero attached hydrogens (tertiary/aromatic N) is 3. The molecule has 0 spiro atoms. The van der Waals surface area contributed by atoms with Crippen molar-refractivity contribution < 1.29 is 8.78 Å². The van der Waals surface area contributed by atoms with Gasteiger partial charge in [0.2, 0.25) is 0 Å². The quantitative estimate of drug-likeness (QED) is 0.737. The normalized spacial score (nSPS) is 10.8. The summed E-state index contributed by atoms with van der Waals surface area (Å²) in [5.41, 5.74) is 8.77. The third kappa shape index (κ3) is 2.17. The lowest BCUT2D eigenvalue weighted by atomic mass is 10.1. The van der Waals surface area contributed by atoms with E-state index in [1.807, 2.05) is 25.1 Å². The Balaban J connectivity index is 2.30. The first kappa shape index (κ1) is 14.0. The van der Waals surface area contributed by atoms with Crippen molar-refractivity contribution in [3.63, 3.8) is 0 Å². The number of imidazole rings is 1. The van der Waals surface area contributed by atoms with E-state index in [0.717, 1.165) is 17.7 Å². The molecule has 0 aliphatic heterocycles. The predicted octanol–water partition coefficient (Wildman–Crippen LogP) is 3.40. The third-order valence-electron chi connectivity index (χ3n) is 3.56. The number of nitrogen functional groups attached to an aromatic ring is 1. The van der Waals surface area contributed by atoms with Gasteiger partial charge in [-0.25, -0.2) is 13.8 Å². The van der Waals surface area contributed by atoms with Crippen LogP contribution in [-0.2, 0) is 6.54 Å².